The van der Waals surface area contributed by atoms with Crippen LogP contribution in [0.5, 0.6) is 6.01 Å². The number of hydrogen-bond acceptors (Lipinski definition) is 9. The largest absolute Gasteiger partial charge is 0.460 e. The van der Waals surface area contributed by atoms with Crippen molar-refractivity contribution in [3.63, 3.8) is 0 Å². The van der Waals surface area contributed by atoms with Crippen molar-refractivity contribution in [3.8, 4) is 12.1 Å². The molecule has 35 heavy (non-hydrogen) atoms. The number of pyridine rings is 1. The normalized spacial score (nSPS) is 21.7. The number of fused-ring (bicyclic) bond motifs is 2. The maximum absolute atomic E-state index is 12.8. The Morgan fingerprint density at radius 1 is 1.43 bits per heavy atom. The van der Waals surface area contributed by atoms with Gasteiger partial charge in [0.05, 0.1) is 16.9 Å². The Morgan fingerprint density at radius 3 is 2.86 bits per heavy atom. The molecule has 1 saturated heterocycles. The number of H-pyrrole nitrogens is 1. The number of urea groups is 1. The van der Waals surface area contributed by atoms with E-state index in [-0.39, 0.29) is 18.6 Å². The van der Waals surface area contributed by atoms with Crippen LogP contribution in [0.3, 0.4) is 0 Å². The number of carbonyl (C=O) groups is 1. The number of hydrogen-bond donors (Lipinski definition) is 3. The Kier molecular flexibility index (Phi) is 5.98. The van der Waals surface area contributed by atoms with Gasteiger partial charge in [-0.3, -0.25) is 5.32 Å². The van der Waals surface area contributed by atoms with Gasteiger partial charge in [0, 0.05) is 55.5 Å². The van der Waals surface area contributed by atoms with E-state index < -0.39 is 5.60 Å². The third kappa shape index (κ3) is 4.74. The molecule has 5 rings (SSSR count). The highest BCUT2D eigenvalue weighted by atomic mass is 32.1. The van der Waals surface area contributed by atoms with Crippen molar-refractivity contribution in [1.82, 2.24) is 24.2 Å². The molecule has 11 nitrogen and oxygen atoms in total. The molecule has 2 amide bonds. The van der Waals surface area contributed by atoms with Gasteiger partial charge in [-0.15, -0.1) is 4.37 Å². The number of nitriles is 1. The number of rotatable bonds is 6. The number of nitrogens with zero attached hydrogens (tertiary/aromatic N) is 6. The van der Waals surface area contributed by atoms with Gasteiger partial charge in [-0.25, -0.2) is 9.78 Å². The number of anilines is 2. The molecular weight excluding hydrogens is 468 g/mol. The van der Waals surface area contributed by atoms with E-state index >= 15 is 0 Å². The first-order chi connectivity index (χ1) is 16.7. The molecule has 1 aliphatic heterocycles. The van der Waals surface area contributed by atoms with Crippen molar-refractivity contribution >= 4 is 39.4 Å². The van der Waals surface area contributed by atoms with E-state index in [2.05, 4.69) is 35.6 Å². The van der Waals surface area contributed by atoms with Crippen molar-refractivity contribution < 1.29 is 14.6 Å². The van der Waals surface area contributed by atoms with Crippen LogP contribution in [0.2, 0.25) is 0 Å². The summed E-state index contributed by atoms with van der Waals surface area (Å²) in [6, 6.07) is 4.49. The number of carbonyl (C=O) groups excluding carboxylic acids is 1. The second-order valence-corrected chi connectivity index (χ2v) is 10.7. The fourth-order valence-corrected chi connectivity index (χ4v) is 5.63. The number of nitrogens with one attached hydrogen (secondary N) is 2. The average Bonchev–Trinajstić information content (AvgIpc) is 3.59. The van der Waals surface area contributed by atoms with Crippen LogP contribution in [-0.4, -0.2) is 73.7 Å². The maximum atomic E-state index is 12.8. The first kappa shape index (κ1) is 23.3. The second-order valence-electron chi connectivity index (χ2n) is 9.95. The molecule has 3 N–H and O–H groups in total. The molecule has 0 bridgehead atoms. The lowest BCUT2D eigenvalue weighted by Gasteiger charge is -2.29. The fourth-order valence-electron chi connectivity index (χ4n) is 5.12. The van der Waals surface area contributed by atoms with E-state index in [9.17, 15) is 15.2 Å². The quantitative estimate of drug-likeness (QED) is 0.473. The standard InChI is InChI=1S/C23H28N8O3S/c1-23(2,33)12-34-20-27-21(35-29-20)28-22(32)31-10-13-6-16(7-14(13)11-31)30(3)18-15(8-24)9-26-19-17(18)4-5-25-19/h4-5,9,13-14,16,33H,6-7,10-12H2,1-3H3,(H,25,26)(H,27,28,29,32)/t13-,14?,16+/m1/s1. The summed E-state index contributed by atoms with van der Waals surface area (Å²) in [4.78, 5) is 28.5. The van der Waals surface area contributed by atoms with Gasteiger partial charge < -0.3 is 24.6 Å². The van der Waals surface area contributed by atoms with E-state index in [1.54, 1.807) is 20.0 Å². The molecule has 4 heterocycles. The zero-order chi connectivity index (χ0) is 24.7. The zero-order valence-electron chi connectivity index (χ0n) is 19.9. The molecule has 1 aliphatic carbocycles. The summed E-state index contributed by atoms with van der Waals surface area (Å²) in [5.74, 6) is 0.810. The monoisotopic (exact) mass is 496 g/mol. The van der Waals surface area contributed by atoms with Crippen LogP contribution in [0.15, 0.2) is 18.5 Å². The molecule has 12 heteroatoms. The predicted molar refractivity (Wildman–Crippen MR) is 132 cm³/mol. The van der Waals surface area contributed by atoms with Gasteiger partial charge in [-0.2, -0.15) is 10.2 Å². The van der Waals surface area contributed by atoms with Crippen LogP contribution in [0.1, 0.15) is 32.3 Å². The third-order valence-corrected chi connectivity index (χ3v) is 7.38. The van der Waals surface area contributed by atoms with E-state index in [0.29, 0.717) is 41.7 Å². The Bertz CT molecular complexity index is 1260. The Labute approximate surface area is 206 Å². The van der Waals surface area contributed by atoms with Crippen LogP contribution in [0, 0.1) is 23.2 Å². The van der Waals surface area contributed by atoms with Crippen LogP contribution < -0.4 is 15.0 Å². The van der Waals surface area contributed by atoms with Crippen molar-refractivity contribution in [3.05, 3.63) is 24.0 Å². The van der Waals surface area contributed by atoms with Crippen LogP contribution in [0.4, 0.5) is 15.6 Å². The van der Waals surface area contributed by atoms with E-state index in [0.717, 1.165) is 41.1 Å². The average molecular weight is 497 g/mol. The summed E-state index contributed by atoms with van der Waals surface area (Å²) in [5, 5.41) is 23.5. The smallest absolute Gasteiger partial charge is 0.330 e. The third-order valence-electron chi connectivity index (χ3n) is 6.77. The fraction of sp³-hybridized carbons (Fsp3) is 0.522. The number of amides is 2. The molecule has 3 aromatic rings. The Hall–Kier alpha value is -3.43. The van der Waals surface area contributed by atoms with E-state index in [1.807, 2.05) is 24.2 Å². The van der Waals surface area contributed by atoms with Crippen molar-refractivity contribution in [2.45, 2.75) is 38.3 Å². The maximum Gasteiger partial charge on any atom is 0.330 e. The van der Waals surface area contributed by atoms with E-state index in [4.69, 9.17) is 4.74 Å². The molecule has 0 spiro atoms. The second kappa shape index (κ2) is 8.98. The molecular formula is C23H28N8O3S. The van der Waals surface area contributed by atoms with Gasteiger partial charge in [-0.05, 0) is 44.6 Å². The highest BCUT2D eigenvalue weighted by Gasteiger charge is 2.44. The molecule has 184 valence electrons. The summed E-state index contributed by atoms with van der Waals surface area (Å²) < 4.78 is 9.45. The lowest BCUT2D eigenvalue weighted by atomic mass is 10.0. The van der Waals surface area contributed by atoms with Crippen LogP contribution in [0.25, 0.3) is 11.0 Å². The first-order valence-electron chi connectivity index (χ1n) is 11.6. The first-order valence-corrected chi connectivity index (χ1v) is 12.3. The Morgan fingerprint density at radius 2 is 2.17 bits per heavy atom. The topological polar surface area (TPSA) is 143 Å². The van der Waals surface area contributed by atoms with Crippen LogP contribution >= 0.6 is 11.5 Å². The van der Waals surface area contributed by atoms with Crippen molar-refractivity contribution in [1.29, 1.82) is 5.26 Å². The number of ether oxygens (including phenoxy) is 1. The van der Waals surface area contributed by atoms with Gasteiger partial charge in [0.25, 0.3) is 0 Å². The van der Waals surface area contributed by atoms with Gasteiger partial charge in [-0.1, -0.05) is 0 Å². The summed E-state index contributed by atoms with van der Waals surface area (Å²) in [6.07, 6.45) is 5.38. The highest BCUT2D eigenvalue weighted by Crippen LogP contribution is 2.42. The molecule has 1 unspecified atom stereocenters. The van der Waals surface area contributed by atoms with Crippen molar-refractivity contribution in [2.24, 2.45) is 11.8 Å². The summed E-state index contributed by atoms with van der Waals surface area (Å²) in [5.41, 5.74) is 1.27. The lowest BCUT2D eigenvalue weighted by molar-refractivity contribution is 0.0255. The number of aromatic amines is 1. The minimum absolute atomic E-state index is 0.0627. The number of aromatic nitrogens is 4. The van der Waals surface area contributed by atoms with Gasteiger partial charge in [0.15, 0.2) is 0 Å². The van der Waals surface area contributed by atoms with Gasteiger partial charge in [0.2, 0.25) is 5.13 Å². The van der Waals surface area contributed by atoms with E-state index in [1.165, 1.54) is 0 Å². The van der Waals surface area contributed by atoms with Gasteiger partial charge in [0.1, 0.15) is 18.3 Å². The highest BCUT2D eigenvalue weighted by molar-refractivity contribution is 7.10. The number of aliphatic hydroxyl groups is 1. The Balaban J connectivity index is 1.19. The van der Waals surface area contributed by atoms with Gasteiger partial charge >= 0.3 is 12.0 Å². The van der Waals surface area contributed by atoms with Crippen molar-refractivity contribution in [2.75, 3.05) is 37.0 Å². The molecule has 1 saturated carbocycles. The predicted octanol–water partition coefficient (Wildman–Crippen LogP) is 2.81. The minimum atomic E-state index is -0.991. The molecule has 0 aromatic carbocycles. The lowest BCUT2D eigenvalue weighted by Crippen LogP contribution is -2.36. The minimum Gasteiger partial charge on any atom is -0.460 e. The molecule has 3 aromatic heterocycles. The number of likely N-dealkylation sites (tertiary alicyclic amines) is 1. The molecule has 2 aliphatic rings. The molecule has 2 fully saturated rings. The molecule has 0 radical (unpaired) electrons. The SMILES string of the molecule is CN(c1c(C#N)cnc2[nH]ccc12)[C@@H]1CC2CN(C(=O)Nc3nc(OCC(C)(C)O)ns3)C[C@H]2C1. The summed E-state index contributed by atoms with van der Waals surface area (Å²) in [7, 11) is 2.05. The summed E-state index contributed by atoms with van der Waals surface area (Å²) in [6.45, 7) is 4.70. The zero-order valence-corrected chi connectivity index (χ0v) is 20.7. The summed E-state index contributed by atoms with van der Waals surface area (Å²) >= 11 is 1.05. The molecule has 3 atom stereocenters. The van der Waals surface area contributed by atoms with Crippen LogP contribution in [-0.2, 0) is 0 Å².